The van der Waals surface area contributed by atoms with Crippen LogP contribution in [0.4, 0.5) is 18.3 Å². The van der Waals surface area contributed by atoms with Gasteiger partial charge in [-0.1, -0.05) is 11.3 Å². The fourth-order valence-corrected chi connectivity index (χ4v) is 2.25. The number of carbonyl (C=O) groups excluding carboxylic acids is 1. The second kappa shape index (κ2) is 5.09. The molecule has 1 aliphatic heterocycles. The van der Waals surface area contributed by atoms with Crippen LogP contribution in [0.1, 0.15) is 17.8 Å². The van der Waals surface area contributed by atoms with Gasteiger partial charge in [-0.25, -0.2) is 0 Å². The predicted octanol–water partition coefficient (Wildman–Crippen LogP) is 1.59. The van der Waals surface area contributed by atoms with Crippen LogP contribution >= 0.6 is 11.3 Å². The van der Waals surface area contributed by atoms with Crippen LogP contribution in [0.3, 0.4) is 0 Å². The molecule has 1 aliphatic rings. The highest BCUT2D eigenvalue weighted by Crippen LogP contribution is 2.32. The first-order valence-electron chi connectivity index (χ1n) is 5.39. The van der Waals surface area contributed by atoms with E-state index in [2.05, 4.69) is 15.5 Å². The highest BCUT2D eigenvalue weighted by Gasteiger charge is 2.35. The number of anilines is 1. The molecule has 0 atom stereocenters. The maximum atomic E-state index is 12.3. The fourth-order valence-electron chi connectivity index (χ4n) is 1.64. The van der Waals surface area contributed by atoms with Crippen molar-refractivity contribution in [3.8, 4) is 0 Å². The van der Waals surface area contributed by atoms with Crippen molar-refractivity contribution in [3.63, 3.8) is 0 Å². The molecule has 0 spiro atoms. The quantitative estimate of drug-likeness (QED) is 0.913. The molecule has 1 aromatic heterocycles. The molecular formula is C9H11F3N4OS. The van der Waals surface area contributed by atoms with Gasteiger partial charge in [0.15, 0.2) is 0 Å². The second-order valence-electron chi connectivity index (χ2n) is 3.85. The van der Waals surface area contributed by atoms with Crippen molar-refractivity contribution in [1.29, 1.82) is 0 Å². The molecule has 1 saturated heterocycles. The van der Waals surface area contributed by atoms with Gasteiger partial charge in [0.1, 0.15) is 0 Å². The van der Waals surface area contributed by atoms with E-state index in [0.717, 1.165) is 12.8 Å². The van der Waals surface area contributed by atoms with Crippen molar-refractivity contribution in [2.75, 3.05) is 25.0 Å². The van der Waals surface area contributed by atoms with E-state index in [1.165, 1.54) is 0 Å². The summed E-state index contributed by atoms with van der Waals surface area (Å²) in [4.78, 5) is 13.3. The van der Waals surface area contributed by atoms with E-state index in [1.54, 1.807) is 4.90 Å². The standard InChI is InChI=1S/C9H11F3N4OS/c10-9(11,12)7-14-15-8(18-7)13-5-6(17)16-3-1-2-4-16/h1-5H2,(H,13,15). The third kappa shape index (κ3) is 3.09. The Morgan fingerprint density at radius 1 is 1.33 bits per heavy atom. The van der Waals surface area contributed by atoms with E-state index in [0.29, 0.717) is 24.4 Å². The van der Waals surface area contributed by atoms with Gasteiger partial charge < -0.3 is 10.2 Å². The summed E-state index contributed by atoms with van der Waals surface area (Å²) in [5, 5.41) is 7.93. The van der Waals surface area contributed by atoms with E-state index in [9.17, 15) is 18.0 Å². The Balaban J connectivity index is 1.86. The van der Waals surface area contributed by atoms with Crippen molar-refractivity contribution in [3.05, 3.63) is 5.01 Å². The Bertz CT molecular complexity index is 428. The normalized spacial score (nSPS) is 16.1. The van der Waals surface area contributed by atoms with Gasteiger partial charge in [0.05, 0.1) is 6.54 Å². The molecule has 0 unspecified atom stereocenters. The number of carbonyl (C=O) groups is 1. The average molecular weight is 280 g/mol. The number of rotatable bonds is 3. The summed E-state index contributed by atoms with van der Waals surface area (Å²) in [6.07, 6.45) is -2.54. The Kier molecular flexibility index (Phi) is 3.69. The summed E-state index contributed by atoms with van der Waals surface area (Å²) in [5.41, 5.74) is 0. The van der Waals surface area contributed by atoms with Gasteiger partial charge in [-0.05, 0) is 12.8 Å². The van der Waals surface area contributed by atoms with Crippen LogP contribution in [-0.2, 0) is 11.0 Å². The summed E-state index contributed by atoms with van der Waals surface area (Å²) >= 11 is 0.395. The maximum Gasteiger partial charge on any atom is 0.445 e. The van der Waals surface area contributed by atoms with Crippen LogP contribution < -0.4 is 5.32 Å². The molecule has 0 bridgehead atoms. The fraction of sp³-hybridized carbons (Fsp3) is 0.667. The molecule has 1 fully saturated rings. The van der Waals surface area contributed by atoms with Crippen molar-refractivity contribution in [2.45, 2.75) is 19.0 Å². The van der Waals surface area contributed by atoms with Crippen LogP contribution in [0.2, 0.25) is 0 Å². The van der Waals surface area contributed by atoms with Gasteiger partial charge in [0.25, 0.3) is 0 Å². The zero-order chi connectivity index (χ0) is 13.2. The van der Waals surface area contributed by atoms with Gasteiger partial charge in [-0.2, -0.15) is 13.2 Å². The van der Waals surface area contributed by atoms with E-state index in [1.807, 2.05) is 0 Å². The van der Waals surface area contributed by atoms with Crippen LogP contribution in [-0.4, -0.2) is 40.6 Å². The number of amides is 1. The topological polar surface area (TPSA) is 58.1 Å². The summed E-state index contributed by atoms with van der Waals surface area (Å²) in [6.45, 7) is 1.38. The number of hydrogen-bond acceptors (Lipinski definition) is 5. The van der Waals surface area contributed by atoms with Crippen LogP contribution in [0.25, 0.3) is 0 Å². The highest BCUT2D eigenvalue weighted by molar-refractivity contribution is 7.15. The van der Waals surface area contributed by atoms with Crippen LogP contribution in [0.15, 0.2) is 0 Å². The lowest BCUT2D eigenvalue weighted by molar-refractivity contribution is -0.138. The van der Waals surface area contributed by atoms with Crippen LogP contribution in [0.5, 0.6) is 0 Å². The number of aromatic nitrogens is 2. The zero-order valence-electron chi connectivity index (χ0n) is 9.33. The molecule has 1 aromatic rings. The minimum absolute atomic E-state index is 0.00914. The number of likely N-dealkylation sites (tertiary alicyclic amines) is 1. The van der Waals surface area contributed by atoms with Crippen molar-refractivity contribution in [1.82, 2.24) is 15.1 Å². The van der Waals surface area contributed by atoms with E-state index >= 15 is 0 Å². The maximum absolute atomic E-state index is 12.3. The number of hydrogen-bond donors (Lipinski definition) is 1. The molecule has 1 N–H and O–H groups in total. The van der Waals surface area contributed by atoms with Crippen molar-refractivity contribution >= 4 is 22.4 Å². The van der Waals surface area contributed by atoms with E-state index < -0.39 is 11.2 Å². The lowest BCUT2D eigenvalue weighted by atomic mass is 10.4. The van der Waals surface area contributed by atoms with Crippen LogP contribution in [0, 0.1) is 0 Å². The predicted molar refractivity (Wildman–Crippen MR) is 59.2 cm³/mol. The monoisotopic (exact) mass is 280 g/mol. The van der Waals surface area contributed by atoms with E-state index in [4.69, 9.17) is 0 Å². The summed E-state index contributed by atoms with van der Waals surface area (Å²) in [5.74, 6) is -0.128. The minimum Gasteiger partial charge on any atom is -0.351 e. The third-order valence-electron chi connectivity index (χ3n) is 2.52. The Hall–Kier alpha value is -1.38. The Morgan fingerprint density at radius 3 is 2.56 bits per heavy atom. The molecule has 9 heteroatoms. The first-order chi connectivity index (χ1) is 8.47. The number of alkyl halides is 3. The number of halogens is 3. The zero-order valence-corrected chi connectivity index (χ0v) is 10.1. The highest BCUT2D eigenvalue weighted by atomic mass is 32.1. The molecule has 2 rings (SSSR count). The Labute approximate surface area is 105 Å². The molecule has 0 aliphatic carbocycles. The molecule has 0 saturated carbocycles. The average Bonchev–Trinajstić information content (AvgIpc) is 2.96. The molecule has 18 heavy (non-hydrogen) atoms. The van der Waals surface area contributed by atoms with Gasteiger partial charge in [-0.15, -0.1) is 10.2 Å². The minimum atomic E-state index is -4.49. The first kappa shape index (κ1) is 13.1. The molecule has 100 valence electrons. The molecular weight excluding hydrogens is 269 g/mol. The van der Waals surface area contributed by atoms with Gasteiger partial charge >= 0.3 is 6.18 Å². The SMILES string of the molecule is O=C(CNc1nnc(C(F)(F)F)s1)N1CCCC1. The molecule has 2 heterocycles. The molecule has 1 amide bonds. The molecule has 5 nitrogen and oxygen atoms in total. The van der Waals surface area contributed by atoms with Gasteiger partial charge in [0, 0.05) is 13.1 Å². The van der Waals surface area contributed by atoms with Crippen molar-refractivity contribution < 1.29 is 18.0 Å². The number of nitrogens with zero attached hydrogens (tertiary/aromatic N) is 3. The van der Waals surface area contributed by atoms with Crippen molar-refractivity contribution in [2.24, 2.45) is 0 Å². The largest absolute Gasteiger partial charge is 0.445 e. The second-order valence-corrected chi connectivity index (χ2v) is 4.83. The lowest BCUT2D eigenvalue weighted by Gasteiger charge is -2.14. The summed E-state index contributed by atoms with van der Waals surface area (Å²) < 4.78 is 36.8. The third-order valence-corrected chi connectivity index (χ3v) is 3.44. The first-order valence-corrected chi connectivity index (χ1v) is 6.21. The van der Waals surface area contributed by atoms with E-state index in [-0.39, 0.29) is 17.6 Å². The molecule has 0 aromatic carbocycles. The lowest BCUT2D eigenvalue weighted by Crippen LogP contribution is -2.32. The number of nitrogens with one attached hydrogen (secondary N) is 1. The Morgan fingerprint density at radius 2 is 2.00 bits per heavy atom. The smallest absolute Gasteiger partial charge is 0.351 e. The van der Waals surface area contributed by atoms with Gasteiger partial charge in [-0.3, -0.25) is 4.79 Å². The summed E-state index contributed by atoms with van der Waals surface area (Å²) in [6, 6.07) is 0. The molecule has 0 radical (unpaired) electrons. The van der Waals surface area contributed by atoms with Gasteiger partial charge in [0.2, 0.25) is 16.0 Å². The summed E-state index contributed by atoms with van der Waals surface area (Å²) in [7, 11) is 0.